The molecule has 0 aromatic carbocycles. The van der Waals surface area contributed by atoms with Gasteiger partial charge in [-0.15, -0.1) is 0 Å². The number of alkyl carbamates (subject to hydrolysis) is 1. The van der Waals surface area contributed by atoms with E-state index in [4.69, 9.17) is 5.11 Å². The number of hydrogen-bond acceptors (Lipinski definition) is 3. The topological polar surface area (TPSA) is 75.6 Å². The van der Waals surface area contributed by atoms with Crippen LogP contribution in [0.5, 0.6) is 0 Å². The molecule has 0 heterocycles. The summed E-state index contributed by atoms with van der Waals surface area (Å²) in [6.45, 7) is 7.06. The molecule has 86 valence electrons. The number of ether oxygens (including phenoxy) is 1. The van der Waals surface area contributed by atoms with E-state index in [2.05, 4.69) is 16.6 Å². The highest BCUT2D eigenvalue weighted by molar-refractivity contribution is 5.80. The number of hydrogen-bond donors (Lipinski definition) is 2. The van der Waals surface area contributed by atoms with Gasteiger partial charge in [-0.05, 0) is 5.92 Å². The first-order chi connectivity index (χ1) is 7.02. The molecule has 5 heteroatoms. The van der Waals surface area contributed by atoms with Crippen LogP contribution in [-0.2, 0) is 9.53 Å². The van der Waals surface area contributed by atoms with E-state index in [-0.39, 0.29) is 12.5 Å². The lowest BCUT2D eigenvalue weighted by Crippen LogP contribution is -2.45. The zero-order chi connectivity index (χ0) is 11.8. The van der Waals surface area contributed by atoms with Crippen molar-refractivity contribution in [3.05, 3.63) is 12.7 Å². The lowest BCUT2D eigenvalue weighted by atomic mass is 10.00. The summed E-state index contributed by atoms with van der Waals surface area (Å²) in [7, 11) is 0. The summed E-state index contributed by atoms with van der Waals surface area (Å²) in [5.41, 5.74) is 0. The van der Waals surface area contributed by atoms with Gasteiger partial charge in [0, 0.05) is 0 Å². The van der Waals surface area contributed by atoms with E-state index in [0.717, 1.165) is 0 Å². The fraction of sp³-hybridized carbons (Fsp3) is 0.600. The molecule has 0 aliphatic carbocycles. The minimum Gasteiger partial charge on any atom is -0.480 e. The minimum absolute atomic E-state index is 0.0681. The molecule has 0 aliphatic heterocycles. The van der Waals surface area contributed by atoms with Crippen molar-refractivity contribution in [2.75, 3.05) is 6.61 Å². The summed E-state index contributed by atoms with van der Waals surface area (Å²) < 4.78 is 4.64. The molecule has 0 fully saturated rings. The van der Waals surface area contributed by atoms with Crippen molar-refractivity contribution in [1.29, 1.82) is 0 Å². The van der Waals surface area contributed by atoms with Crippen molar-refractivity contribution in [2.45, 2.75) is 26.3 Å². The van der Waals surface area contributed by atoms with Crippen LogP contribution in [0, 0.1) is 5.92 Å². The van der Waals surface area contributed by atoms with E-state index in [1.54, 1.807) is 6.92 Å². The quantitative estimate of drug-likeness (QED) is 0.656. The van der Waals surface area contributed by atoms with Gasteiger partial charge < -0.3 is 15.2 Å². The van der Waals surface area contributed by atoms with Gasteiger partial charge in [0.05, 0.1) is 0 Å². The number of carbonyl (C=O) groups is 2. The number of rotatable bonds is 6. The monoisotopic (exact) mass is 215 g/mol. The largest absolute Gasteiger partial charge is 0.480 e. The first-order valence-electron chi connectivity index (χ1n) is 4.79. The third-order valence-electron chi connectivity index (χ3n) is 2.08. The number of carbonyl (C=O) groups excluding carboxylic acids is 1. The Bertz CT molecular complexity index is 240. The number of amides is 1. The van der Waals surface area contributed by atoms with E-state index < -0.39 is 18.1 Å². The Morgan fingerprint density at radius 3 is 2.60 bits per heavy atom. The van der Waals surface area contributed by atoms with Crippen LogP contribution >= 0.6 is 0 Å². The van der Waals surface area contributed by atoms with Crippen molar-refractivity contribution in [2.24, 2.45) is 5.92 Å². The zero-order valence-electron chi connectivity index (χ0n) is 9.03. The Kier molecular flexibility index (Phi) is 6.17. The number of carboxylic acids is 1. The molecule has 15 heavy (non-hydrogen) atoms. The first kappa shape index (κ1) is 13.5. The standard InChI is InChI=1S/C10H17NO4/c1-4-6-15-10(14)11-8(9(12)13)7(3)5-2/h4,7-8H,1,5-6H2,2-3H3,(H,11,14)(H,12,13)/t7-,8-/m0/s1. The predicted octanol–water partition coefficient (Wildman–Crippen LogP) is 1.40. The van der Waals surface area contributed by atoms with Gasteiger partial charge in [0.1, 0.15) is 12.6 Å². The van der Waals surface area contributed by atoms with Gasteiger partial charge >= 0.3 is 12.1 Å². The van der Waals surface area contributed by atoms with Crippen LogP contribution in [0.2, 0.25) is 0 Å². The molecular weight excluding hydrogens is 198 g/mol. The summed E-state index contributed by atoms with van der Waals surface area (Å²) in [6, 6.07) is -0.910. The number of carboxylic acid groups (broad SMARTS) is 1. The molecule has 0 aromatic rings. The van der Waals surface area contributed by atoms with Crippen molar-refractivity contribution in [1.82, 2.24) is 5.32 Å². The highest BCUT2D eigenvalue weighted by Crippen LogP contribution is 2.07. The molecule has 0 saturated carbocycles. The van der Waals surface area contributed by atoms with Gasteiger partial charge in [0.25, 0.3) is 0 Å². The van der Waals surface area contributed by atoms with Gasteiger partial charge in [0.15, 0.2) is 0 Å². The maximum atomic E-state index is 11.1. The second-order valence-corrected chi connectivity index (χ2v) is 3.23. The molecule has 0 radical (unpaired) electrons. The molecular formula is C10H17NO4. The van der Waals surface area contributed by atoms with Gasteiger partial charge in [-0.3, -0.25) is 0 Å². The van der Waals surface area contributed by atoms with Gasteiger partial charge in [0.2, 0.25) is 0 Å². The Morgan fingerprint density at radius 2 is 2.20 bits per heavy atom. The minimum atomic E-state index is -1.06. The van der Waals surface area contributed by atoms with E-state index in [1.807, 2.05) is 6.92 Å². The van der Waals surface area contributed by atoms with Crippen LogP contribution in [0.3, 0.4) is 0 Å². The molecule has 2 atom stereocenters. The van der Waals surface area contributed by atoms with Crippen LogP contribution in [0.15, 0.2) is 12.7 Å². The van der Waals surface area contributed by atoms with Gasteiger partial charge in [-0.2, -0.15) is 0 Å². The molecule has 0 spiro atoms. The maximum absolute atomic E-state index is 11.1. The fourth-order valence-corrected chi connectivity index (χ4v) is 0.986. The molecule has 0 aromatic heterocycles. The summed E-state index contributed by atoms with van der Waals surface area (Å²) in [6.07, 6.45) is 1.35. The molecule has 0 saturated heterocycles. The van der Waals surface area contributed by atoms with Crippen LogP contribution in [0.25, 0.3) is 0 Å². The second kappa shape index (κ2) is 6.86. The smallest absolute Gasteiger partial charge is 0.408 e. The molecule has 0 aliphatic rings. The summed E-state index contributed by atoms with van der Waals surface area (Å²) in [5.74, 6) is -1.20. The molecule has 1 amide bonds. The number of aliphatic carboxylic acids is 1. The Hall–Kier alpha value is -1.52. The third kappa shape index (κ3) is 5.05. The normalized spacial score (nSPS) is 13.7. The third-order valence-corrected chi connectivity index (χ3v) is 2.08. The van der Waals surface area contributed by atoms with E-state index >= 15 is 0 Å². The van der Waals surface area contributed by atoms with Crippen molar-refractivity contribution in [3.63, 3.8) is 0 Å². The summed E-state index contributed by atoms with van der Waals surface area (Å²) in [5, 5.41) is 11.2. The highest BCUT2D eigenvalue weighted by atomic mass is 16.5. The average Bonchev–Trinajstić information content (AvgIpc) is 2.21. The molecule has 0 rings (SSSR count). The summed E-state index contributed by atoms with van der Waals surface area (Å²) >= 11 is 0. The molecule has 2 N–H and O–H groups in total. The van der Waals surface area contributed by atoms with Gasteiger partial charge in [-0.1, -0.05) is 32.9 Å². The Morgan fingerprint density at radius 1 is 1.60 bits per heavy atom. The fourth-order valence-electron chi connectivity index (χ4n) is 0.986. The highest BCUT2D eigenvalue weighted by Gasteiger charge is 2.25. The van der Waals surface area contributed by atoms with Crippen LogP contribution in [-0.4, -0.2) is 29.8 Å². The molecule has 5 nitrogen and oxygen atoms in total. The van der Waals surface area contributed by atoms with E-state index in [0.29, 0.717) is 6.42 Å². The average molecular weight is 215 g/mol. The first-order valence-corrected chi connectivity index (χ1v) is 4.79. The Balaban J connectivity index is 4.22. The van der Waals surface area contributed by atoms with E-state index in [1.165, 1.54) is 6.08 Å². The molecule has 0 bridgehead atoms. The van der Waals surface area contributed by atoms with Crippen LogP contribution in [0.4, 0.5) is 4.79 Å². The summed E-state index contributed by atoms with van der Waals surface area (Å²) in [4.78, 5) is 21.9. The van der Waals surface area contributed by atoms with Gasteiger partial charge in [-0.25, -0.2) is 9.59 Å². The predicted molar refractivity (Wildman–Crippen MR) is 55.6 cm³/mol. The van der Waals surface area contributed by atoms with Crippen molar-refractivity contribution in [3.8, 4) is 0 Å². The molecule has 0 unspecified atom stereocenters. The van der Waals surface area contributed by atoms with Crippen molar-refractivity contribution >= 4 is 12.1 Å². The lowest BCUT2D eigenvalue weighted by molar-refractivity contribution is -0.140. The Labute approximate surface area is 89.1 Å². The second-order valence-electron chi connectivity index (χ2n) is 3.23. The van der Waals surface area contributed by atoms with Crippen molar-refractivity contribution < 1.29 is 19.4 Å². The van der Waals surface area contributed by atoms with E-state index in [9.17, 15) is 9.59 Å². The SMILES string of the molecule is C=CCOC(=O)N[C@H](C(=O)O)[C@@H](C)CC. The maximum Gasteiger partial charge on any atom is 0.408 e. The zero-order valence-corrected chi connectivity index (χ0v) is 9.03. The van der Waals surface area contributed by atoms with Crippen LogP contribution in [0.1, 0.15) is 20.3 Å². The number of nitrogens with one attached hydrogen (secondary N) is 1. The van der Waals surface area contributed by atoms with Crippen LogP contribution < -0.4 is 5.32 Å². The lowest BCUT2D eigenvalue weighted by Gasteiger charge is -2.19.